The molecular weight excluding hydrogens is 299 g/mol. The van der Waals surface area contributed by atoms with Gasteiger partial charge >= 0.3 is 0 Å². The summed E-state index contributed by atoms with van der Waals surface area (Å²) < 4.78 is 1.30. The molecule has 15 heavy (non-hydrogen) atoms. The largest absolute Gasteiger partial charge is 0.369 e. The number of rotatable bonds is 1. The second-order valence-corrected chi connectivity index (χ2v) is 5.55. The van der Waals surface area contributed by atoms with Gasteiger partial charge in [-0.25, -0.2) is 0 Å². The van der Waals surface area contributed by atoms with Gasteiger partial charge in [-0.1, -0.05) is 6.07 Å². The van der Waals surface area contributed by atoms with Gasteiger partial charge in [-0.2, -0.15) is 0 Å². The Balaban J connectivity index is 2.17. The van der Waals surface area contributed by atoms with Crippen molar-refractivity contribution < 1.29 is 0 Å². The lowest BCUT2D eigenvalue weighted by Crippen LogP contribution is -2.45. The highest BCUT2D eigenvalue weighted by Gasteiger charge is 2.23. The van der Waals surface area contributed by atoms with Gasteiger partial charge in [0.1, 0.15) is 0 Å². The predicted molar refractivity (Wildman–Crippen MR) is 73.2 cm³/mol. The van der Waals surface area contributed by atoms with Crippen LogP contribution in [0, 0.1) is 3.57 Å². The van der Waals surface area contributed by atoms with Crippen LogP contribution in [0.15, 0.2) is 24.3 Å². The van der Waals surface area contributed by atoms with Crippen LogP contribution in [-0.4, -0.2) is 18.6 Å². The van der Waals surface area contributed by atoms with E-state index < -0.39 is 0 Å². The summed E-state index contributed by atoms with van der Waals surface area (Å²) in [6.45, 7) is 3.35. The number of benzene rings is 1. The molecule has 2 N–H and O–H groups in total. The maximum Gasteiger partial charge on any atom is 0.0379 e. The second-order valence-electron chi connectivity index (χ2n) is 4.31. The van der Waals surface area contributed by atoms with Gasteiger partial charge in [-0.3, -0.25) is 0 Å². The first kappa shape index (κ1) is 11.2. The third-order valence-electron chi connectivity index (χ3n) is 3.06. The molecule has 0 amide bonds. The van der Waals surface area contributed by atoms with E-state index in [4.69, 9.17) is 5.73 Å². The summed E-state index contributed by atoms with van der Waals surface area (Å²) in [6.07, 6.45) is 2.21. The summed E-state index contributed by atoms with van der Waals surface area (Å²) in [6, 6.07) is 9.64. The van der Waals surface area contributed by atoms with Crippen LogP contribution in [-0.2, 0) is 0 Å². The number of piperidine rings is 1. The minimum atomic E-state index is 0.388. The Morgan fingerprint density at radius 1 is 1.47 bits per heavy atom. The topological polar surface area (TPSA) is 29.3 Å². The third kappa shape index (κ3) is 2.64. The zero-order valence-electron chi connectivity index (χ0n) is 8.99. The molecule has 2 nitrogen and oxygen atoms in total. The summed E-state index contributed by atoms with van der Waals surface area (Å²) >= 11 is 2.36. The second kappa shape index (κ2) is 4.70. The van der Waals surface area contributed by atoms with Crippen LogP contribution in [0.3, 0.4) is 0 Å². The van der Waals surface area contributed by atoms with E-state index in [1.165, 1.54) is 9.26 Å². The smallest absolute Gasteiger partial charge is 0.0379 e. The number of nitrogens with two attached hydrogens (primary N) is 1. The van der Waals surface area contributed by atoms with Crippen molar-refractivity contribution in [3.05, 3.63) is 27.8 Å². The van der Waals surface area contributed by atoms with Crippen molar-refractivity contribution in [2.75, 3.05) is 11.4 Å². The normalized spacial score (nSPS) is 26.7. The molecule has 1 aliphatic rings. The molecule has 0 bridgehead atoms. The zero-order valence-corrected chi connectivity index (χ0v) is 11.1. The molecule has 0 aromatic heterocycles. The van der Waals surface area contributed by atoms with Crippen LogP contribution < -0.4 is 10.6 Å². The summed E-state index contributed by atoms with van der Waals surface area (Å²) in [4.78, 5) is 2.46. The lowest BCUT2D eigenvalue weighted by Gasteiger charge is -2.38. The molecule has 2 unspecified atom stereocenters. The molecule has 1 aromatic rings. The van der Waals surface area contributed by atoms with Crippen molar-refractivity contribution in [2.24, 2.45) is 5.73 Å². The highest BCUT2D eigenvalue weighted by Crippen LogP contribution is 2.25. The summed E-state index contributed by atoms with van der Waals surface area (Å²) in [5, 5.41) is 0. The van der Waals surface area contributed by atoms with Crippen molar-refractivity contribution in [2.45, 2.75) is 31.8 Å². The number of anilines is 1. The van der Waals surface area contributed by atoms with E-state index >= 15 is 0 Å². The molecule has 0 aliphatic carbocycles. The molecule has 0 radical (unpaired) electrons. The van der Waals surface area contributed by atoms with Crippen molar-refractivity contribution in [1.29, 1.82) is 0 Å². The number of nitrogens with zero attached hydrogens (tertiary/aromatic N) is 1. The SMILES string of the molecule is CC1CC(N)CCN1c1cccc(I)c1. The van der Waals surface area contributed by atoms with Gasteiger partial charge in [0.05, 0.1) is 0 Å². The highest BCUT2D eigenvalue weighted by molar-refractivity contribution is 14.1. The average molecular weight is 316 g/mol. The minimum Gasteiger partial charge on any atom is -0.369 e. The van der Waals surface area contributed by atoms with E-state index in [1.807, 2.05) is 0 Å². The van der Waals surface area contributed by atoms with Gasteiger partial charge in [0.25, 0.3) is 0 Å². The van der Waals surface area contributed by atoms with Gasteiger partial charge in [-0.15, -0.1) is 0 Å². The molecule has 1 aromatic carbocycles. The fourth-order valence-corrected chi connectivity index (χ4v) is 2.77. The molecular formula is C12H17IN2. The maximum atomic E-state index is 5.97. The van der Waals surface area contributed by atoms with Crippen LogP contribution in [0.5, 0.6) is 0 Å². The highest BCUT2D eigenvalue weighted by atomic mass is 127. The number of hydrogen-bond acceptors (Lipinski definition) is 2. The minimum absolute atomic E-state index is 0.388. The van der Waals surface area contributed by atoms with Crippen LogP contribution in [0.2, 0.25) is 0 Å². The molecule has 2 atom stereocenters. The molecule has 0 spiro atoms. The van der Waals surface area contributed by atoms with Gasteiger partial charge in [0.15, 0.2) is 0 Å². The fourth-order valence-electron chi connectivity index (χ4n) is 2.25. The molecule has 3 heteroatoms. The average Bonchev–Trinajstić information content (AvgIpc) is 2.17. The Morgan fingerprint density at radius 3 is 2.93 bits per heavy atom. The first-order valence-electron chi connectivity index (χ1n) is 5.44. The first-order chi connectivity index (χ1) is 7.16. The van der Waals surface area contributed by atoms with E-state index in [1.54, 1.807) is 0 Å². The molecule has 2 rings (SSSR count). The van der Waals surface area contributed by atoms with Crippen LogP contribution in [0.1, 0.15) is 19.8 Å². The van der Waals surface area contributed by atoms with Crippen molar-refractivity contribution in [3.63, 3.8) is 0 Å². The molecule has 1 aliphatic heterocycles. The molecule has 1 heterocycles. The number of hydrogen-bond donors (Lipinski definition) is 1. The summed E-state index contributed by atoms with van der Waals surface area (Å²) in [7, 11) is 0. The maximum absolute atomic E-state index is 5.97. The van der Waals surface area contributed by atoms with Crippen LogP contribution in [0.25, 0.3) is 0 Å². The van der Waals surface area contributed by atoms with Crippen LogP contribution in [0.4, 0.5) is 5.69 Å². The quantitative estimate of drug-likeness (QED) is 0.807. The Kier molecular flexibility index (Phi) is 3.51. The van der Waals surface area contributed by atoms with Gasteiger partial charge < -0.3 is 10.6 Å². The van der Waals surface area contributed by atoms with Crippen LogP contribution >= 0.6 is 22.6 Å². The third-order valence-corrected chi connectivity index (χ3v) is 3.73. The number of halogens is 1. The van der Waals surface area contributed by atoms with Crippen molar-refractivity contribution in [1.82, 2.24) is 0 Å². The van der Waals surface area contributed by atoms with Crippen molar-refractivity contribution >= 4 is 28.3 Å². The van der Waals surface area contributed by atoms with Gasteiger partial charge in [-0.05, 0) is 60.6 Å². The Morgan fingerprint density at radius 2 is 2.27 bits per heavy atom. The fraction of sp³-hybridized carbons (Fsp3) is 0.500. The summed E-state index contributed by atoms with van der Waals surface area (Å²) in [5.74, 6) is 0. The molecule has 0 saturated carbocycles. The Hall–Kier alpha value is -0.290. The Labute approximate surface area is 105 Å². The lowest BCUT2D eigenvalue weighted by molar-refractivity contribution is 0.430. The monoisotopic (exact) mass is 316 g/mol. The van der Waals surface area contributed by atoms with Gasteiger partial charge in [0.2, 0.25) is 0 Å². The molecule has 1 fully saturated rings. The molecule has 82 valence electrons. The van der Waals surface area contributed by atoms with Gasteiger partial charge in [0, 0.05) is 27.9 Å². The van der Waals surface area contributed by atoms with E-state index in [0.29, 0.717) is 12.1 Å². The first-order valence-corrected chi connectivity index (χ1v) is 6.52. The predicted octanol–water partition coefficient (Wildman–Crippen LogP) is 2.61. The van der Waals surface area contributed by atoms with E-state index in [0.717, 1.165) is 19.4 Å². The standard InChI is InChI=1S/C12H17IN2/c1-9-7-11(14)5-6-15(9)12-4-2-3-10(13)8-12/h2-4,8-9,11H,5-7,14H2,1H3. The summed E-state index contributed by atoms with van der Waals surface area (Å²) in [5.41, 5.74) is 7.30. The lowest BCUT2D eigenvalue weighted by atomic mass is 9.98. The van der Waals surface area contributed by atoms with E-state index in [9.17, 15) is 0 Å². The van der Waals surface area contributed by atoms with Crippen molar-refractivity contribution in [3.8, 4) is 0 Å². The zero-order chi connectivity index (χ0) is 10.8. The molecule has 1 saturated heterocycles. The van der Waals surface area contributed by atoms with E-state index in [2.05, 4.69) is 58.7 Å². The van der Waals surface area contributed by atoms with E-state index in [-0.39, 0.29) is 0 Å². The Bertz CT molecular complexity index is 340.